The zero-order valence-corrected chi connectivity index (χ0v) is 25.1. The first-order valence-corrected chi connectivity index (χ1v) is 17.7. The smallest absolute Gasteiger partial charge is 0.305 e. The van der Waals surface area contributed by atoms with Crippen LogP contribution in [0.4, 0.5) is 0 Å². The van der Waals surface area contributed by atoms with Gasteiger partial charge in [-0.1, -0.05) is 59.4 Å². The Bertz CT molecular complexity index is 777. The molecule has 1 rings (SSSR count). The van der Waals surface area contributed by atoms with E-state index in [1.807, 2.05) is 0 Å². The van der Waals surface area contributed by atoms with Crippen LogP contribution in [0.15, 0.2) is 18.2 Å². The molecule has 0 aliphatic heterocycles. The lowest BCUT2D eigenvalue weighted by Gasteiger charge is -2.36. The summed E-state index contributed by atoms with van der Waals surface area (Å²) in [6.07, 6.45) is 1.76. The Morgan fingerprint density at radius 2 is 1.33 bits per heavy atom. The first-order valence-electron chi connectivity index (χ1n) is 12.2. The molecule has 6 heteroatoms. The highest BCUT2D eigenvalue weighted by Crippen LogP contribution is 2.41. The average Bonchev–Trinajstić information content (AvgIpc) is 2.67. The van der Waals surface area contributed by atoms with Gasteiger partial charge in [-0.05, 0) is 66.7 Å². The molecule has 0 saturated heterocycles. The van der Waals surface area contributed by atoms with Gasteiger partial charge in [-0.2, -0.15) is 0 Å². The van der Waals surface area contributed by atoms with E-state index in [-0.39, 0.29) is 29.0 Å². The maximum absolute atomic E-state index is 11.4. The molecule has 0 heterocycles. The lowest BCUT2D eigenvalue weighted by molar-refractivity contribution is -0.140. The van der Waals surface area contributed by atoms with Crippen molar-refractivity contribution in [2.75, 3.05) is 7.11 Å². The molecule has 186 valence electrons. The van der Waals surface area contributed by atoms with Crippen molar-refractivity contribution in [2.24, 2.45) is 10.8 Å². The predicted octanol–water partition coefficient (Wildman–Crippen LogP) is 6.56. The molecule has 4 nitrogen and oxygen atoms in total. The van der Waals surface area contributed by atoms with Crippen molar-refractivity contribution in [1.29, 1.82) is 0 Å². The van der Waals surface area contributed by atoms with E-state index in [1.165, 1.54) is 18.2 Å². The average molecular weight is 491 g/mol. The van der Waals surface area contributed by atoms with Crippen LogP contribution in [0, 0.1) is 22.7 Å². The van der Waals surface area contributed by atoms with E-state index in [1.54, 1.807) is 0 Å². The third-order valence-electron chi connectivity index (χ3n) is 5.12. The van der Waals surface area contributed by atoms with Crippen LogP contribution in [0.5, 0.6) is 0 Å². The van der Waals surface area contributed by atoms with Crippen LogP contribution >= 0.6 is 0 Å². The molecule has 1 aromatic carbocycles. The number of carbonyl (C=O) groups excluding carboxylic acids is 1. The van der Waals surface area contributed by atoms with Crippen LogP contribution in [0.25, 0.3) is 0 Å². The molecule has 0 fully saturated rings. The molecule has 33 heavy (non-hydrogen) atoms. The van der Waals surface area contributed by atoms with Gasteiger partial charge in [0.15, 0.2) is 18.1 Å². The summed E-state index contributed by atoms with van der Waals surface area (Å²) >= 11 is 0. The van der Waals surface area contributed by atoms with Gasteiger partial charge in [-0.25, -0.2) is 0 Å². The molecule has 0 aliphatic rings. The summed E-state index contributed by atoms with van der Waals surface area (Å²) in [6.45, 7) is 22.3. The second kappa shape index (κ2) is 12.9. The maximum atomic E-state index is 11.4. The van der Waals surface area contributed by atoms with Crippen molar-refractivity contribution in [3.8, 4) is 11.8 Å². The first kappa shape index (κ1) is 29.6. The molecule has 0 aromatic heterocycles. The van der Waals surface area contributed by atoms with E-state index in [0.29, 0.717) is 19.3 Å². The molecule has 2 atom stereocenters. The molecule has 0 saturated carbocycles. The van der Waals surface area contributed by atoms with Crippen LogP contribution in [-0.4, -0.2) is 31.2 Å². The molecule has 2 unspecified atom stereocenters. The molecule has 0 bridgehead atoms. The Balaban J connectivity index is 3.48. The van der Waals surface area contributed by atoms with Crippen LogP contribution in [0.1, 0.15) is 89.7 Å². The summed E-state index contributed by atoms with van der Waals surface area (Å²) in [6, 6.07) is 6.63. The van der Waals surface area contributed by atoms with Crippen molar-refractivity contribution in [3.63, 3.8) is 0 Å². The van der Waals surface area contributed by atoms with E-state index >= 15 is 0 Å². The van der Waals surface area contributed by atoms with E-state index in [0.717, 1.165) is 5.56 Å². The number of rotatable bonds is 9. The predicted molar refractivity (Wildman–Crippen MR) is 144 cm³/mol. The molecule has 0 amide bonds. The number of benzene rings is 1. The zero-order valence-electron chi connectivity index (χ0n) is 22.8. The first-order chi connectivity index (χ1) is 15.1. The molecule has 1 aromatic rings. The summed E-state index contributed by atoms with van der Waals surface area (Å²) in [5.74, 6) is 6.41. The van der Waals surface area contributed by atoms with Crippen LogP contribution < -0.4 is 0 Å². The highest BCUT2D eigenvalue weighted by molar-refractivity contribution is 6.48. The fourth-order valence-corrected chi connectivity index (χ4v) is 5.97. The Hall–Kier alpha value is -1.40. The highest BCUT2D eigenvalue weighted by atomic mass is 28.3. The largest absolute Gasteiger partial charge is 0.469 e. The van der Waals surface area contributed by atoms with Gasteiger partial charge in [0.2, 0.25) is 0 Å². The monoisotopic (exact) mass is 490 g/mol. The van der Waals surface area contributed by atoms with Gasteiger partial charge in [0, 0.05) is 18.4 Å². The number of esters is 1. The van der Waals surface area contributed by atoms with Crippen molar-refractivity contribution in [1.82, 2.24) is 0 Å². The van der Waals surface area contributed by atoms with Crippen molar-refractivity contribution in [2.45, 2.75) is 99.2 Å². The van der Waals surface area contributed by atoms with Gasteiger partial charge in [0.1, 0.15) is 0 Å². The summed E-state index contributed by atoms with van der Waals surface area (Å²) in [5, 5.41) is 0. The van der Waals surface area contributed by atoms with E-state index in [2.05, 4.69) is 97.8 Å². The van der Waals surface area contributed by atoms with Crippen LogP contribution in [0.3, 0.4) is 0 Å². The lowest BCUT2D eigenvalue weighted by atomic mass is 9.80. The molecule has 0 spiro atoms. The maximum Gasteiger partial charge on any atom is 0.305 e. The third kappa shape index (κ3) is 10.6. The molecule has 0 N–H and O–H groups in total. The quantitative estimate of drug-likeness (QED) is 0.170. The number of hydrogen-bond donors (Lipinski definition) is 0. The summed E-state index contributed by atoms with van der Waals surface area (Å²) in [7, 11) is -1.10. The normalized spacial score (nSPS) is 14.1. The fourth-order valence-electron chi connectivity index (χ4n) is 3.75. The van der Waals surface area contributed by atoms with Gasteiger partial charge < -0.3 is 13.6 Å². The third-order valence-corrected chi connectivity index (χ3v) is 6.75. The van der Waals surface area contributed by atoms with Gasteiger partial charge >= 0.3 is 5.97 Å². The Labute approximate surface area is 206 Å². The van der Waals surface area contributed by atoms with E-state index in [4.69, 9.17) is 13.6 Å². The topological polar surface area (TPSA) is 44.8 Å². The van der Waals surface area contributed by atoms with E-state index < -0.39 is 18.1 Å². The lowest BCUT2D eigenvalue weighted by Crippen LogP contribution is -2.28. The number of ether oxygens (including phenoxy) is 1. The summed E-state index contributed by atoms with van der Waals surface area (Å²) in [5.41, 5.74) is 3.25. The molecular formula is C27H46O4Si2. The summed E-state index contributed by atoms with van der Waals surface area (Å²) < 4.78 is 17.8. The van der Waals surface area contributed by atoms with Crippen molar-refractivity contribution in [3.05, 3.63) is 34.9 Å². The van der Waals surface area contributed by atoms with Gasteiger partial charge in [-0.15, -0.1) is 0 Å². The number of carbonyl (C=O) groups is 1. The molecule has 0 aliphatic carbocycles. The molecular weight excluding hydrogens is 444 g/mol. The summed E-state index contributed by atoms with van der Waals surface area (Å²) in [4.78, 5) is 11.4. The SMILES string of the molecule is COC(=O)CCCC#Cc1cc(C(O[SiH](C)C)C(C)(C)C)cc(C(O[SiH](C)C)C(C)(C)C)c1. The Kier molecular flexibility index (Phi) is 11.6. The highest BCUT2D eigenvalue weighted by Gasteiger charge is 2.32. The zero-order chi connectivity index (χ0) is 25.4. The van der Waals surface area contributed by atoms with Crippen LogP contribution in [-0.2, 0) is 18.4 Å². The minimum atomic E-state index is -1.26. The van der Waals surface area contributed by atoms with Crippen molar-refractivity contribution >= 4 is 24.0 Å². The van der Waals surface area contributed by atoms with Gasteiger partial charge in [-0.3, -0.25) is 4.79 Å². The van der Waals surface area contributed by atoms with Gasteiger partial charge in [0.25, 0.3) is 0 Å². The standard InChI is InChI=1S/C27H46O4Si2/c1-26(2,3)24(30-32(8)9)21-17-20(15-13-12-14-16-23(28)29-7)18-22(19-21)25(27(4,5)6)31-33(10)11/h17-19,24-25,32-33H,12,14,16H2,1-11H3. The molecule has 0 radical (unpaired) electrons. The fraction of sp³-hybridized carbons (Fsp3) is 0.667. The number of methoxy groups -OCH3 is 1. The second-order valence-corrected chi connectivity index (χ2v) is 16.2. The van der Waals surface area contributed by atoms with Crippen LogP contribution in [0.2, 0.25) is 26.2 Å². The Morgan fingerprint density at radius 1 is 0.879 bits per heavy atom. The second-order valence-electron chi connectivity index (χ2n) is 11.5. The van der Waals surface area contributed by atoms with E-state index in [9.17, 15) is 4.79 Å². The minimum absolute atomic E-state index is 0.000837. The van der Waals surface area contributed by atoms with Gasteiger partial charge in [0.05, 0.1) is 19.3 Å². The number of unbranched alkanes of at least 4 members (excludes halogenated alkanes) is 1. The number of hydrogen-bond acceptors (Lipinski definition) is 4. The minimum Gasteiger partial charge on any atom is -0.469 e. The Morgan fingerprint density at radius 3 is 1.70 bits per heavy atom. The van der Waals surface area contributed by atoms with Crippen molar-refractivity contribution < 1.29 is 18.4 Å².